The lowest BCUT2D eigenvalue weighted by Crippen LogP contribution is -2.39. The molecule has 2 rings (SSSR count). The minimum atomic E-state index is 0. The molecule has 0 atom stereocenters. The first-order valence-corrected chi connectivity index (χ1v) is 10.2. The van der Waals surface area contributed by atoms with Crippen LogP contribution in [-0.4, -0.2) is 56.1 Å². The van der Waals surface area contributed by atoms with E-state index in [4.69, 9.17) is 16.3 Å². The van der Waals surface area contributed by atoms with Gasteiger partial charge in [-0.2, -0.15) is 0 Å². The highest BCUT2D eigenvalue weighted by molar-refractivity contribution is 14.0. The molecule has 0 saturated carbocycles. The smallest absolute Gasteiger partial charge is 0.222 e. The van der Waals surface area contributed by atoms with E-state index in [1.165, 1.54) is 0 Å². The summed E-state index contributed by atoms with van der Waals surface area (Å²) in [6.07, 6.45) is 3.46. The summed E-state index contributed by atoms with van der Waals surface area (Å²) < 4.78 is 5.79. The van der Waals surface area contributed by atoms with Crippen molar-refractivity contribution in [2.45, 2.75) is 39.5 Å². The van der Waals surface area contributed by atoms with Gasteiger partial charge in [0.2, 0.25) is 5.91 Å². The number of nitrogens with one attached hydrogen (secondary N) is 2. The quantitative estimate of drug-likeness (QED) is 0.213. The second-order valence-corrected chi connectivity index (χ2v) is 7.07. The summed E-state index contributed by atoms with van der Waals surface area (Å²) in [7, 11) is 0. The van der Waals surface area contributed by atoms with E-state index < -0.39 is 0 Å². The van der Waals surface area contributed by atoms with Gasteiger partial charge in [0.25, 0.3) is 0 Å². The van der Waals surface area contributed by atoms with Crippen molar-refractivity contribution < 1.29 is 9.53 Å². The van der Waals surface area contributed by atoms with Gasteiger partial charge in [0.05, 0.1) is 6.61 Å². The third-order valence-electron chi connectivity index (χ3n) is 4.38. The van der Waals surface area contributed by atoms with Gasteiger partial charge in [-0.05, 0) is 50.5 Å². The summed E-state index contributed by atoms with van der Waals surface area (Å²) in [5.41, 5.74) is 1.04. The maximum atomic E-state index is 11.6. The molecule has 8 heteroatoms. The molecule has 0 spiro atoms. The average molecular weight is 523 g/mol. The van der Waals surface area contributed by atoms with Crippen molar-refractivity contribution in [2.75, 3.05) is 39.3 Å². The largest absolute Gasteiger partial charge is 0.493 e. The van der Waals surface area contributed by atoms with E-state index in [0.29, 0.717) is 19.6 Å². The molecular formula is C20H32ClIN4O2. The number of carbonyl (C=O) groups is 1. The number of nitrogens with zero attached hydrogens (tertiary/aromatic N) is 2. The number of benzene rings is 1. The monoisotopic (exact) mass is 522 g/mol. The number of guanidine groups is 1. The lowest BCUT2D eigenvalue weighted by molar-refractivity contribution is -0.127. The third kappa shape index (κ3) is 8.86. The zero-order valence-electron chi connectivity index (χ0n) is 16.8. The highest BCUT2D eigenvalue weighted by Gasteiger charge is 2.18. The summed E-state index contributed by atoms with van der Waals surface area (Å²) in [6.45, 7) is 8.68. The first kappa shape index (κ1) is 24.8. The fraction of sp³-hybridized carbons (Fsp3) is 0.600. The molecule has 28 heavy (non-hydrogen) atoms. The van der Waals surface area contributed by atoms with E-state index in [9.17, 15) is 4.79 Å². The Hall–Kier alpha value is -1.22. The van der Waals surface area contributed by atoms with Crippen molar-refractivity contribution in [1.82, 2.24) is 15.5 Å². The normalized spacial score (nSPS) is 14.0. The predicted octanol–water partition coefficient (Wildman–Crippen LogP) is 3.60. The molecule has 6 nitrogen and oxygen atoms in total. The van der Waals surface area contributed by atoms with Crippen LogP contribution in [0.15, 0.2) is 23.2 Å². The van der Waals surface area contributed by atoms with Crippen LogP contribution in [-0.2, 0) is 4.79 Å². The Morgan fingerprint density at radius 2 is 2.14 bits per heavy atom. The molecule has 0 aliphatic carbocycles. The van der Waals surface area contributed by atoms with Crippen molar-refractivity contribution in [3.63, 3.8) is 0 Å². The molecule has 0 radical (unpaired) electrons. The van der Waals surface area contributed by atoms with Gasteiger partial charge in [0.15, 0.2) is 5.96 Å². The zero-order valence-corrected chi connectivity index (χ0v) is 19.9. The van der Waals surface area contributed by atoms with E-state index in [-0.39, 0.29) is 29.9 Å². The lowest BCUT2D eigenvalue weighted by atomic mass is 10.2. The molecule has 1 amide bonds. The number of aryl methyl sites for hydroxylation is 1. The molecule has 1 fully saturated rings. The Balaban J connectivity index is 0.00000392. The molecule has 1 heterocycles. The van der Waals surface area contributed by atoms with Crippen molar-refractivity contribution in [2.24, 2.45) is 4.99 Å². The minimum Gasteiger partial charge on any atom is -0.493 e. The van der Waals surface area contributed by atoms with Crippen LogP contribution in [0.3, 0.4) is 0 Å². The average Bonchev–Trinajstić information content (AvgIpc) is 3.04. The second kappa shape index (κ2) is 13.9. The van der Waals surface area contributed by atoms with E-state index in [0.717, 1.165) is 67.7 Å². The third-order valence-corrected chi connectivity index (χ3v) is 4.61. The number of rotatable bonds is 10. The van der Waals surface area contributed by atoms with Crippen molar-refractivity contribution in [3.05, 3.63) is 28.8 Å². The standard InChI is InChI=1S/C20H31ClN4O2.HI/c1-3-22-20(23-10-5-13-25-12-4-7-19(25)26)24-11-6-14-27-18-9-8-17(21)15-16(18)2;/h8-9,15H,3-7,10-14H2,1-2H3,(H2,22,23,24);1H. The van der Waals surface area contributed by atoms with Gasteiger partial charge in [0, 0.05) is 50.6 Å². The Kier molecular flexibility index (Phi) is 12.3. The van der Waals surface area contributed by atoms with Crippen molar-refractivity contribution >= 4 is 47.4 Å². The molecule has 1 aliphatic heterocycles. The van der Waals surface area contributed by atoms with Crippen LogP contribution in [0, 0.1) is 6.92 Å². The Labute approximate surface area is 190 Å². The SMILES string of the molecule is CCNC(=NCCCOc1ccc(Cl)cc1C)NCCCN1CCCC1=O.I. The maximum Gasteiger partial charge on any atom is 0.222 e. The van der Waals surface area contributed by atoms with Crippen LogP contribution in [0.1, 0.15) is 38.2 Å². The van der Waals surface area contributed by atoms with Crippen molar-refractivity contribution in [1.29, 1.82) is 0 Å². The molecule has 1 aromatic carbocycles. The summed E-state index contributed by atoms with van der Waals surface area (Å²) in [5.74, 6) is 1.96. The lowest BCUT2D eigenvalue weighted by Gasteiger charge is -2.16. The fourth-order valence-electron chi connectivity index (χ4n) is 2.97. The fourth-order valence-corrected chi connectivity index (χ4v) is 3.20. The predicted molar refractivity (Wildman–Crippen MR) is 126 cm³/mol. The number of aliphatic imine (C=N–C) groups is 1. The minimum absolute atomic E-state index is 0. The van der Waals surface area contributed by atoms with E-state index >= 15 is 0 Å². The van der Waals surface area contributed by atoms with Crippen LogP contribution in [0.4, 0.5) is 0 Å². The number of hydrogen-bond acceptors (Lipinski definition) is 3. The molecule has 0 aromatic heterocycles. The van der Waals surface area contributed by atoms with E-state index in [1.54, 1.807) is 0 Å². The number of amides is 1. The van der Waals surface area contributed by atoms with Gasteiger partial charge in [-0.25, -0.2) is 0 Å². The molecule has 1 aromatic rings. The summed E-state index contributed by atoms with van der Waals surface area (Å²) >= 11 is 5.95. The molecule has 1 saturated heterocycles. The van der Waals surface area contributed by atoms with E-state index in [2.05, 4.69) is 15.6 Å². The topological polar surface area (TPSA) is 66.0 Å². The van der Waals surface area contributed by atoms with Crippen molar-refractivity contribution in [3.8, 4) is 5.75 Å². The molecule has 0 bridgehead atoms. The van der Waals surface area contributed by atoms with Gasteiger partial charge in [-0.3, -0.25) is 9.79 Å². The van der Waals surface area contributed by atoms with Gasteiger partial charge in [0.1, 0.15) is 5.75 Å². The summed E-state index contributed by atoms with van der Waals surface area (Å²) in [4.78, 5) is 18.1. The Bertz CT molecular complexity index is 643. The zero-order chi connectivity index (χ0) is 19.5. The molecule has 158 valence electrons. The highest BCUT2D eigenvalue weighted by atomic mass is 127. The highest BCUT2D eigenvalue weighted by Crippen LogP contribution is 2.21. The van der Waals surface area contributed by atoms with Gasteiger partial charge < -0.3 is 20.3 Å². The van der Waals surface area contributed by atoms with Crippen LogP contribution in [0.25, 0.3) is 0 Å². The Morgan fingerprint density at radius 1 is 1.32 bits per heavy atom. The number of carbonyl (C=O) groups excluding carboxylic acids is 1. The van der Waals surface area contributed by atoms with E-state index in [1.807, 2.05) is 36.9 Å². The van der Waals surface area contributed by atoms with Gasteiger partial charge >= 0.3 is 0 Å². The van der Waals surface area contributed by atoms with Crippen LogP contribution in [0.2, 0.25) is 5.02 Å². The summed E-state index contributed by atoms with van der Waals surface area (Å²) in [6, 6.07) is 5.64. The second-order valence-electron chi connectivity index (χ2n) is 6.64. The van der Waals surface area contributed by atoms with Crippen LogP contribution < -0.4 is 15.4 Å². The first-order chi connectivity index (χ1) is 13.1. The summed E-state index contributed by atoms with van der Waals surface area (Å²) in [5, 5.41) is 7.30. The maximum absolute atomic E-state index is 11.6. The Morgan fingerprint density at radius 3 is 2.82 bits per heavy atom. The van der Waals surface area contributed by atoms with Gasteiger partial charge in [-0.15, -0.1) is 24.0 Å². The first-order valence-electron chi connectivity index (χ1n) is 9.79. The van der Waals surface area contributed by atoms with Gasteiger partial charge in [-0.1, -0.05) is 11.6 Å². The number of ether oxygens (including phenoxy) is 1. The number of halogens is 2. The number of hydrogen-bond donors (Lipinski definition) is 2. The molecule has 0 unspecified atom stereocenters. The molecule has 2 N–H and O–H groups in total. The van der Waals surface area contributed by atoms with Crippen LogP contribution in [0.5, 0.6) is 5.75 Å². The van der Waals surface area contributed by atoms with Crippen LogP contribution >= 0.6 is 35.6 Å². The number of likely N-dealkylation sites (tertiary alicyclic amines) is 1. The molecule has 1 aliphatic rings. The molecular weight excluding hydrogens is 491 g/mol.